The van der Waals surface area contributed by atoms with Crippen molar-refractivity contribution >= 4 is 11.2 Å². The molecular formula is C19H23N5O2. The van der Waals surface area contributed by atoms with Crippen LogP contribution in [0.1, 0.15) is 30.0 Å². The van der Waals surface area contributed by atoms with Crippen LogP contribution in [0.15, 0.2) is 30.6 Å². The van der Waals surface area contributed by atoms with Gasteiger partial charge in [-0.25, -0.2) is 9.97 Å². The molecule has 3 aromatic rings. The lowest BCUT2D eigenvalue weighted by atomic mass is 9.94. The molecule has 1 N–H and O–H groups in total. The zero-order valence-electron chi connectivity index (χ0n) is 15.1. The van der Waals surface area contributed by atoms with E-state index in [1.165, 1.54) is 0 Å². The fourth-order valence-electron chi connectivity index (χ4n) is 3.73. The fourth-order valence-corrected chi connectivity index (χ4v) is 3.73. The van der Waals surface area contributed by atoms with Gasteiger partial charge in [-0.15, -0.1) is 0 Å². The lowest BCUT2D eigenvalue weighted by Crippen LogP contribution is -2.34. The summed E-state index contributed by atoms with van der Waals surface area (Å²) in [5.74, 6) is 2.12. The van der Waals surface area contributed by atoms with Crippen molar-refractivity contribution in [1.82, 2.24) is 25.1 Å². The van der Waals surface area contributed by atoms with Crippen LogP contribution in [0.2, 0.25) is 0 Å². The molecule has 136 valence electrons. The zero-order chi connectivity index (χ0) is 17.9. The molecule has 0 bridgehead atoms. The largest absolute Gasteiger partial charge is 0.497 e. The lowest BCUT2D eigenvalue weighted by molar-refractivity contribution is 0.196. The SMILES string of the molecule is COc1ccc(OC)c(CN2CCC[C@@H](c3[nH]nc4nccnc34)C2)c1. The molecule has 7 heteroatoms. The minimum Gasteiger partial charge on any atom is -0.497 e. The Bertz CT molecular complexity index is 895. The molecule has 1 saturated heterocycles. The summed E-state index contributed by atoms with van der Waals surface area (Å²) in [6.45, 7) is 2.84. The molecule has 1 fully saturated rings. The molecule has 0 aliphatic carbocycles. The molecule has 2 aromatic heterocycles. The Morgan fingerprint density at radius 3 is 2.92 bits per heavy atom. The first-order valence-electron chi connectivity index (χ1n) is 8.86. The number of nitrogens with zero attached hydrogens (tertiary/aromatic N) is 4. The van der Waals surface area contributed by atoms with Gasteiger partial charge in [0, 0.05) is 37.0 Å². The molecule has 1 aliphatic rings. The van der Waals surface area contributed by atoms with Crippen LogP contribution < -0.4 is 9.47 Å². The normalized spacial score (nSPS) is 18.2. The summed E-state index contributed by atoms with van der Waals surface area (Å²) in [6, 6.07) is 5.95. The lowest BCUT2D eigenvalue weighted by Gasteiger charge is -2.32. The van der Waals surface area contributed by atoms with E-state index in [0.29, 0.717) is 11.6 Å². The van der Waals surface area contributed by atoms with Gasteiger partial charge in [0.1, 0.15) is 17.0 Å². The number of aromatic amines is 1. The summed E-state index contributed by atoms with van der Waals surface area (Å²) in [6.07, 6.45) is 5.66. The van der Waals surface area contributed by atoms with Crippen molar-refractivity contribution < 1.29 is 9.47 Å². The van der Waals surface area contributed by atoms with Gasteiger partial charge >= 0.3 is 0 Å². The van der Waals surface area contributed by atoms with Crippen LogP contribution in [0, 0.1) is 0 Å². The Morgan fingerprint density at radius 1 is 1.19 bits per heavy atom. The van der Waals surface area contributed by atoms with Gasteiger partial charge in [0.05, 0.1) is 19.9 Å². The van der Waals surface area contributed by atoms with Crippen molar-refractivity contribution in [2.45, 2.75) is 25.3 Å². The van der Waals surface area contributed by atoms with Gasteiger partial charge in [-0.2, -0.15) is 5.10 Å². The van der Waals surface area contributed by atoms with E-state index in [0.717, 1.165) is 60.7 Å². The number of aromatic nitrogens is 4. The number of methoxy groups -OCH3 is 2. The standard InChI is InChI=1S/C19H23N5O2/c1-25-15-5-6-16(26-2)14(10-15)12-24-9-3-4-13(11-24)17-18-19(23-22-17)21-8-7-20-18/h5-8,10,13H,3-4,9,11-12H2,1-2H3,(H,21,22,23)/t13-/m1/s1. The van der Waals surface area contributed by atoms with E-state index in [9.17, 15) is 0 Å². The highest BCUT2D eigenvalue weighted by Crippen LogP contribution is 2.31. The van der Waals surface area contributed by atoms with Gasteiger partial charge in [-0.3, -0.25) is 10.00 Å². The number of ether oxygens (including phenoxy) is 2. The molecule has 0 spiro atoms. The molecule has 0 unspecified atom stereocenters. The van der Waals surface area contributed by atoms with Crippen molar-refractivity contribution in [2.24, 2.45) is 0 Å². The predicted octanol–water partition coefficient (Wildman–Crippen LogP) is 2.75. The molecule has 1 aliphatic heterocycles. The Kier molecular flexibility index (Phi) is 4.71. The van der Waals surface area contributed by atoms with E-state index < -0.39 is 0 Å². The van der Waals surface area contributed by atoms with Gasteiger partial charge < -0.3 is 9.47 Å². The predicted molar refractivity (Wildman–Crippen MR) is 98.5 cm³/mol. The molecule has 0 saturated carbocycles. The molecule has 0 radical (unpaired) electrons. The van der Waals surface area contributed by atoms with Crippen LogP contribution in [-0.2, 0) is 6.54 Å². The Labute approximate surface area is 152 Å². The van der Waals surface area contributed by atoms with E-state index >= 15 is 0 Å². The van der Waals surface area contributed by atoms with Crippen molar-refractivity contribution in [3.8, 4) is 11.5 Å². The van der Waals surface area contributed by atoms with Gasteiger partial charge in [0.2, 0.25) is 0 Å². The van der Waals surface area contributed by atoms with Crippen LogP contribution in [0.25, 0.3) is 11.2 Å². The summed E-state index contributed by atoms with van der Waals surface area (Å²) in [4.78, 5) is 11.2. The molecule has 1 atom stereocenters. The summed E-state index contributed by atoms with van der Waals surface area (Å²) in [5, 5.41) is 7.46. The Balaban J connectivity index is 1.54. The number of hydrogen-bond acceptors (Lipinski definition) is 6. The highest BCUT2D eigenvalue weighted by atomic mass is 16.5. The summed E-state index contributed by atoms with van der Waals surface area (Å²) in [7, 11) is 3.40. The second-order valence-electron chi connectivity index (χ2n) is 6.62. The van der Waals surface area contributed by atoms with E-state index in [1.54, 1.807) is 26.6 Å². The number of rotatable bonds is 5. The molecule has 0 amide bonds. The first-order chi connectivity index (χ1) is 12.8. The maximum Gasteiger partial charge on any atom is 0.199 e. The van der Waals surface area contributed by atoms with E-state index in [-0.39, 0.29) is 0 Å². The Morgan fingerprint density at radius 2 is 2.08 bits per heavy atom. The average Bonchev–Trinajstić information content (AvgIpc) is 3.12. The smallest absolute Gasteiger partial charge is 0.199 e. The summed E-state index contributed by atoms with van der Waals surface area (Å²) >= 11 is 0. The van der Waals surface area contributed by atoms with Crippen molar-refractivity contribution in [1.29, 1.82) is 0 Å². The number of piperidine rings is 1. The summed E-state index contributed by atoms with van der Waals surface area (Å²) in [5.41, 5.74) is 3.81. The third-order valence-corrected chi connectivity index (χ3v) is 5.01. The van der Waals surface area contributed by atoms with E-state index in [1.807, 2.05) is 12.1 Å². The minimum atomic E-state index is 0.377. The van der Waals surface area contributed by atoms with E-state index in [2.05, 4.69) is 31.1 Å². The first kappa shape index (κ1) is 16.8. The zero-order valence-corrected chi connectivity index (χ0v) is 15.1. The van der Waals surface area contributed by atoms with Gasteiger partial charge in [-0.05, 0) is 37.6 Å². The topological polar surface area (TPSA) is 76.2 Å². The maximum absolute atomic E-state index is 5.53. The number of H-pyrrole nitrogens is 1. The summed E-state index contributed by atoms with van der Waals surface area (Å²) < 4.78 is 10.9. The third-order valence-electron chi connectivity index (χ3n) is 5.01. The fraction of sp³-hybridized carbons (Fsp3) is 0.421. The monoisotopic (exact) mass is 353 g/mol. The molecule has 26 heavy (non-hydrogen) atoms. The van der Waals surface area contributed by atoms with Gasteiger partial charge in [0.15, 0.2) is 5.65 Å². The molecule has 7 nitrogen and oxygen atoms in total. The van der Waals surface area contributed by atoms with Crippen molar-refractivity contribution in [2.75, 3.05) is 27.3 Å². The highest BCUT2D eigenvalue weighted by molar-refractivity contribution is 5.72. The number of nitrogens with one attached hydrogen (secondary N) is 1. The number of benzene rings is 1. The molecule has 4 rings (SSSR count). The van der Waals surface area contributed by atoms with Crippen LogP contribution >= 0.6 is 0 Å². The average molecular weight is 353 g/mol. The molecular weight excluding hydrogens is 330 g/mol. The second kappa shape index (κ2) is 7.29. The van der Waals surface area contributed by atoms with Crippen LogP contribution in [0.4, 0.5) is 0 Å². The highest BCUT2D eigenvalue weighted by Gasteiger charge is 2.26. The number of fused-ring (bicyclic) bond motifs is 1. The van der Waals surface area contributed by atoms with E-state index in [4.69, 9.17) is 9.47 Å². The Hall–Kier alpha value is -2.67. The van der Waals surface area contributed by atoms with Crippen molar-refractivity contribution in [3.05, 3.63) is 41.9 Å². The number of hydrogen-bond donors (Lipinski definition) is 1. The van der Waals surface area contributed by atoms with Gasteiger partial charge in [0.25, 0.3) is 0 Å². The van der Waals surface area contributed by atoms with Gasteiger partial charge in [-0.1, -0.05) is 0 Å². The van der Waals surface area contributed by atoms with Crippen molar-refractivity contribution in [3.63, 3.8) is 0 Å². The molecule has 3 heterocycles. The third kappa shape index (κ3) is 3.22. The van der Waals surface area contributed by atoms with Crippen LogP contribution in [0.5, 0.6) is 11.5 Å². The maximum atomic E-state index is 5.53. The molecule has 1 aromatic carbocycles. The second-order valence-corrected chi connectivity index (χ2v) is 6.62. The van der Waals surface area contributed by atoms with Crippen LogP contribution in [-0.4, -0.2) is 52.4 Å². The first-order valence-corrected chi connectivity index (χ1v) is 8.86. The van der Waals surface area contributed by atoms with Crippen LogP contribution in [0.3, 0.4) is 0 Å². The quantitative estimate of drug-likeness (QED) is 0.760. The minimum absolute atomic E-state index is 0.377. The number of likely N-dealkylation sites (tertiary alicyclic amines) is 1.